The Hall–Kier alpha value is -1.03. The molecule has 0 aliphatic rings. The number of aryl methyl sites for hydroxylation is 2. The van der Waals surface area contributed by atoms with Gasteiger partial charge in [0, 0.05) is 32.2 Å². The molecule has 0 aliphatic heterocycles. The van der Waals surface area contributed by atoms with Gasteiger partial charge in [-0.05, 0) is 27.3 Å². The first-order chi connectivity index (χ1) is 7.65. The smallest absolute Gasteiger partial charge is 0.131 e. The van der Waals surface area contributed by atoms with Gasteiger partial charge in [-0.15, -0.1) is 0 Å². The van der Waals surface area contributed by atoms with E-state index < -0.39 is 0 Å². The third-order valence-corrected chi connectivity index (χ3v) is 2.93. The van der Waals surface area contributed by atoms with E-state index in [1.807, 2.05) is 11.7 Å². The summed E-state index contributed by atoms with van der Waals surface area (Å²) in [4.78, 5) is 2.35. The van der Waals surface area contributed by atoms with Crippen molar-refractivity contribution in [2.45, 2.75) is 34.2 Å². The van der Waals surface area contributed by atoms with Crippen LogP contribution in [0.5, 0.6) is 0 Å². The van der Waals surface area contributed by atoms with Crippen molar-refractivity contribution in [2.75, 3.05) is 24.5 Å². The number of anilines is 1. The summed E-state index contributed by atoms with van der Waals surface area (Å²) in [6.07, 6.45) is 0. The van der Waals surface area contributed by atoms with E-state index in [1.54, 1.807) is 0 Å². The lowest BCUT2D eigenvalue weighted by Crippen LogP contribution is -2.26. The summed E-state index contributed by atoms with van der Waals surface area (Å²) in [6.45, 7) is 12.5. The van der Waals surface area contributed by atoms with E-state index >= 15 is 0 Å². The van der Waals surface area contributed by atoms with Crippen LogP contribution < -0.4 is 10.2 Å². The van der Waals surface area contributed by atoms with E-state index in [2.05, 4.69) is 43.0 Å². The average Bonchev–Trinajstić information content (AvgIpc) is 2.54. The van der Waals surface area contributed by atoms with Crippen molar-refractivity contribution in [1.29, 1.82) is 0 Å². The highest BCUT2D eigenvalue weighted by Crippen LogP contribution is 2.22. The molecule has 0 unspecified atom stereocenters. The number of rotatable bonds is 6. The summed E-state index contributed by atoms with van der Waals surface area (Å²) >= 11 is 0. The van der Waals surface area contributed by atoms with Gasteiger partial charge in [0.2, 0.25) is 0 Å². The maximum atomic E-state index is 4.52. The first kappa shape index (κ1) is 13.0. The van der Waals surface area contributed by atoms with Crippen molar-refractivity contribution in [3.63, 3.8) is 0 Å². The first-order valence-electron chi connectivity index (χ1n) is 6.13. The number of nitrogens with zero attached hydrogens (tertiary/aromatic N) is 3. The fraction of sp³-hybridized carbons (Fsp3) is 0.750. The van der Waals surface area contributed by atoms with Crippen molar-refractivity contribution in [3.8, 4) is 0 Å². The molecule has 0 aliphatic carbocycles. The molecule has 0 spiro atoms. The second-order valence-electron chi connectivity index (χ2n) is 3.96. The molecule has 4 nitrogen and oxygen atoms in total. The minimum Gasteiger partial charge on any atom is -0.357 e. The molecule has 0 bridgehead atoms. The standard InChI is InChI=1S/C12H24N4/c1-6-13-9-11-10(4)14-15(5)12(11)16(7-2)8-3/h13H,6-9H2,1-5H3. The zero-order chi connectivity index (χ0) is 12.1. The highest BCUT2D eigenvalue weighted by molar-refractivity contribution is 5.50. The molecule has 0 aromatic carbocycles. The van der Waals surface area contributed by atoms with Crippen molar-refractivity contribution < 1.29 is 0 Å². The van der Waals surface area contributed by atoms with Crippen LogP contribution in [0.15, 0.2) is 0 Å². The Morgan fingerprint density at radius 3 is 2.38 bits per heavy atom. The molecule has 0 amide bonds. The Morgan fingerprint density at radius 2 is 1.88 bits per heavy atom. The molecule has 1 heterocycles. The van der Waals surface area contributed by atoms with Crippen molar-refractivity contribution in [1.82, 2.24) is 15.1 Å². The van der Waals surface area contributed by atoms with Gasteiger partial charge >= 0.3 is 0 Å². The SMILES string of the molecule is CCNCc1c(C)nn(C)c1N(CC)CC. The highest BCUT2D eigenvalue weighted by atomic mass is 15.4. The molecular weight excluding hydrogens is 200 g/mol. The summed E-state index contributed by atoms with van der Waals surface area (Å²) < 4.78 is 2.00. The fourth-order valence-electron chi connectivity index (χ4n) is 2.07. The normalized spacial score (nSPS) is 10.8. The maximum Gasteiger partial charge on any atom is 0.131 e. The monoisotopic (exact) mass is 224 g/mol. The molecule has 0 radical (unpaired) electrons. The van der Waals surface area contributed by atoms with Crippen molar-refractivity contribution in [2.24, 2.45) is 7.05 Å². The van der Waals surface area contributed by atoms with Crippen LogP contribution in [-0.4, -0.2) is 29.4 Å². The van der Waals surface area contributed by atoms with E-state index in [0.29, 0.717) is 0 Å². The van der Waals surface area contributed by atoms with Gasteiger partial charge in [0.25, 0.3) is 0 Å². The minimum atomic E-state index is 0.905. The Kier molecular flexibility index (Phi) is 4.80. The summed E-state index contributed by atoms with van der Waals surface area (Å²) in [5.41, 5.74) is 2.46. The summed E-state index contributed by atoms with van der Waals surface area (Å²) in [6, 6.07) is 0. The van der Waals surface area contributed by atoms with E-state index in [0.717, 1.165) is 31.9 Å². The van der Waals surface area contributed by atoms with Crippen LogP contribution in [0.1, 0.15) is 32.0 Å². The topological polar surface area (TPSA) is 33.1 Å². The lowest BCUT2D eigenvalue weighted by Gasteiger charge is -2.22. The molecule has 1 N–H and O–H groups in total. The van der Waals surface area contributed by atoms with Gasteiger partial charge in [-0.3, -0.25) is 4.68 Å². The van der Waals surface area contributed by atoms with Gasteiger partial charge in [-0.25, -0.2) is 0 Å². The van der Waals surface area contributed by atoms with Gasteiger partial charge in [0.1, 0.15) is 5.82 Å². The zero-order valence-corrected chi connectivity index (χ0v) is 11.2. The molecule has 4 heteroatoms. The zero-order valence-electron chi connectivity index (χ0n) is 11.2. The predicted octanol–water partition coefficient (Wildman–Crippen LogP) is 1.68. The third kappa shape index (κ3) is 2.55. The van der Waals surface area contributed by atoms with E-state index in [1.165, 1.54) is 11.4 Å². The Labute approximate surface area is 98.6 Å². The molecule has 0 saturated heterocycles. The Bertz CT molecular complexity index is 326. The van der Waals surface area contributed by atoms with Crippen LogP contribution in [-0.2, 0) is 13.6 Å². The Morgan fingerprint density at radius 1 is 1.25 bits per heavy atom. The van der Waals surface area contributed by atoms with E-state index in [4.69, 9.17) is 0 Å². The second kappa shape index (κ2) is 5.89. The lowest BCUT2D eigenvalue weighted by molar-refractivity contribution is 0.701. The number of hydrogen-bond acceptors (Lipinski definition) is 3. The predicted molar refractivity (Wildman–Crippen MR) is 68.9 cm³/mol. The van der Waals surface area contributed by atoms with Gasteiger partial charge < -0.3 is 10.2 Å². The second-order valence-corrected chi connectivity index (χ2v) is 3.96. The minimum absolute atomic E-state index is 0.905. The highest BCUT2D eigenvalue weighted by Gasteiger charge is 2.16. The average molecular weight is 224 g/mol. The first-order valence-corrected chi connectivity index (χ1v) is 6.13. The molecule has 1 aromatic heterocycles. The van der Waals surface area contributed by atoms with Crippen LogP contribution in [0.4, 0.5) is 5.82 Å². The van der Waals surface area contributed by atoms with Crippen molar-refractivity contribution >= 4 is 5.82 Å². The molecule has 0 atom stereocenters. The molecule has 92 valence electrons. The van der Waals surface area contributed by atoms with Crippen LogP contribution in [0.3, 0.4) is 0 Å². The van der Waals surface area contributed by atoms with Gasteiger partial charge in [-0.1, -0.05) is 6.92 Å². The molecule has 16 heavy (non-hydrogen) atoms. The molecule has 1 rings (SSSR count). The van der Waals surface area contributed by atoms with Crippen molar-refractivity contribution in [3.05, 3.63) is 11.3 Å². The number of aromatic nitrogens is 2. The van der Waals surface area contributed by atoms with Gasteiger partial charge in [-0.2, -0.15) is 5.10 Å². The van der Waals surface area contributed by atoms with E-state index in [-0.39, 0.29) is 0 Å². The quantitative estimate of drug-likeness (QED) is 0.798. The Balaban J connectivity index is 3.03. The molecular formula is C12H24N4. The van der Waals surface area contributed by atoms with E-state index in [9.17, 15) is 0 Å². The van der Waals surface area contributed by atoms with Gasteiger partial charge in [0.15, 0.2) is 0 Å². The van der Waals surface area contributed by atoms with Crippen LogP contribution in [0.2, 0.25) is 0 Å². The van der Waals surface area contributed by atoms with Crippen LogP contribution in [0.25, 0.3) is 0 Å². The molecule has 0 fully saturated rings. The lowest BCUT2D eigenvalue weighted by atomic mass is 10.2. The maximum absolute atomic E-state index is 4.52. The number of hydrogen-bond donors (Lipinski definition) is 1. The number of nitrogens with one attached hydrogen (secondary N) is 1. The van der Waals surface area contributed by atoms with Crippen LogP contribution in [0, 0.1) is 6.92 Å². The summed E-state index contributed by atoms with van der Waals surface area (Å²) in [5, 5.41) is 7.90. The van der Waals surface area contributed by atoms with Crippen LogP contribution >= 0.6 is 0 Å². The molecule has 1 aromatic rings. The summed E-state index contributed by atoms with van der Waals surface area (Å²) in [7, 11) is 2.02. The third-order valence-electron chi connectivity index (χ3n) is 2.93. The van der Waals surface area contributed by atoms with Gasteiger partial charge in [0.05, 0.1) is 5.69 Å². The molecule has 0 saturated carbocycles. The summed E-state index contributed by atoms with van der Waals surface area (Å²) in [5.74, 6) is 1.25. The largest absolute Gasteiger partial charge is 0.357 e. The fourth-order valence-corrected chi connectivity index (χ4v) is 2.07.